The zero-order valence-corrected chi connectivity index (χ0v) is 13.4. The molecule has 1 N–H and O–H groups in total. The number of nitrogens with zero attached hydrogens (tertiary/aromatic N) is 1. The van der Waals surface area contributed by atoms with Crippen molar-refractivity contribution in [3.05, 3.63) is 33.1 Å². The Hall–Kier alpha value is -2.29. The van der Waals surface area contributed by atoms with Gasteiger partial charge in [0.05, 0.1) is 12.5 Å². The highest BCUT2D eigenvalue weighted by molar-refractivity contribution is 5.81. The minimum absolute atomic E-state index is 0.0101. The standard InChI is InChI=1S/C15H19FN2O6/c1-3-9-12(16)13(24-11(21)5-4-8(2)19)14(23-9)18-7-6-10(20)17-15(18)22/h6-7,9,12-14H,3-5H2,1-2H3,(H,17,20,22)/t9-,12?,13+,14-/m1/s1. The second kappa shape index (κ2) is 7.52. The van der Waals surface area contributed by atoms with Crippen molar-refractivity contribution < 1.29 is 23.5 Å². The second-order valence-electron chi connectivity index (χ2n) is 5.59. The van der Waals surface area contributed by atoms with Crippen molar-refractivity contribution in [2.24, 2.45) is 0 Å². The Bertz CT molecular complexity index is 727. The minimum Gasteiger partial charge on any atom is -0.454 e. The van der Waals surface area contributed by atoms with Gasteiger partial charge >= 0.3 is 11.7 Å². The SMILES string of the molecule is CC[C@H]1O[C@@H](n2ccc(=O)[nH]c2=O)[C@@H](OC(=O)CCC(C)=O)C1F. The van der Waals surface area contributed by atoms with Gasteiger partial charge in [-0.2, -0.15) is 0 Å². The first-order valence-corrected chi connectivity index (χ1v) is 7.63. The molecule has 8 nitrogen and oxygen atoms in total. The van der Waals surface area contributed by atoms with Gasteiger partial charge in [-0.25, -0.2) is 9.18 Å². The van der Waals surface area contributed by atoms with Crippen LogP contribution in [0.15, 0.2) is 21.9 Å². The molecule has 24 heavy (non-hydrogen) atoms. The molecule has 0 saturated carbocycles. The molecule has 9 heteroatoms. The van der Waals surface area contributed by atoms with Crippen LogP contribution in [0.3, 0.4) is 0 Å². The number of Topliss-reactive ketones (excluding diaryl/α,β-unsaturated/α-hetero) is 1. The zero-order valence-electron chi connectivity index (χ0n) is 13.4. The number of nitrogens with one attached hydrogen (secondary N) is 1. The van der Waals surface area contributed by atoms with Crippen molar-refractivity contribution in [2.75, 3.05) is 0 Å². The molecule has 1 unspecified atom stereocenters. The summed E-state index contributed by atoms with van der Waals surface area (Å²) in [7, 11) is 0. The van der Waals surface area contributed by atoms with E-state index in [1.165, 1.54) is 6.92 Å². The van der Waals surface area contributed by atoms with E-state index in [0.717, 1.165) is 16.8 Å². The first-order valence-electron chi connectivity index (χ1n) is 7.63. The van der Waals surface area contributed by atoms with Crippen LogP contribution in [0.2, 0.25) is 0 Å². The molecule has 0 spiro atoms. The van der Waals surface area contributed by atoms with Crippen LogP contribution in [-0.4, -0.2) is 39.7 Å². The molecule has 1 aromatic rings. The number of hydrogen-bond acceptors (Lipinski definition) is 6. The first-order chi connectivity index (χ1) is 11.3. The topological polar surface area (TPSA) is 107 Å². The van der Waals surface area contributed by atoms with E-state index < -0.39 is 41.8 Å². The number of alkyl halides is 1. The van der Waals surface area contributed by atoms with Gasteiger partial charge in [-0.3, -0.25) is 19.1 Å². The van der Waals surface area contributed by atoms with Crippen LogP contribution in [0.4, 0.5) is 4.39 Å². The summed E-state index contributed by atoms with van der Waals surface area (Å²) in [4.78, 5) is 47.8. The Morgan fingerprint density at radius 3 is 2.67 bits per heavy atom. The fraction of sp³-hybridized carbons (Fsp3) is 0.600. The summed E-state index contributed by atoms with van der Waals surface area (Å²) in [5.41, 5.74) is -1.39. The molecular formula is C15H19FN2O6. The van der Waals surface area contributed by atoms with E-state index in [0.29, 0.717) is 6.42 Å². The van der Waals surface area contributed by atoms with Crippen molar-refractivity contribution in [3.63, 3.8) is 0 Å². The second-order valence-corrected chi connectivity index (χ2v) is 5.59. The van der Waals surface area contributed by atoms with Crippen molar-refractivity contribution in [1.82, 2.24) is 9.55 Å². The van der Waals surface area contributed by atoms with E-state index in [4.69, 9.17) is 9.47 Å². The van der Waals surface area contributed by atoms with E-state index in [9.17, 15) is 23.6 Å². The van der Waals surface area contributed by atoms with Gasteiger partial charge in [0.15, 0.2) is 18.5 Å². The van der Waals surface area contributed by atoms with Gasteiger partial charge in [-0.1, -0.05) is 6.92 Å². The van der Waals surface area contributed by atoms with Crippen LogP contribution in [0, 0.1) is 0 Å². The van der Waals surface area contributed by atoms with E-state index in [-0.39, 0.29) is 18.6 Å². The maximum absolute atomic E-state index is 14.5. The molecule has 1 aliphatic rings. The monoisotopic (exact) mass is 342 g/mol. The molecule has 4 atom stereocenters. The van der Waals surface area contributed by atoms with E-state index >= 15 is 0 Å². The number of rotatable bonds is 6. The summed E-state index contributed by atoms with van der Waals surface area (Å²) in [5.74, 6) is -0.938. The number of ether oxygens (including phenoxy) is 2. The van der Waals surface area contributed by atoms with Crippen molar-refractivity contribution in [2.45, 2.75) is 57.7 Å². The number of esters is 1. The van der Waals surface area contributed by atoms with E-state index in [1.807, 2.05) is 4.98 Å². The number of ketones is 1. The zero-order chi connectivity index (χ0) is 17.9. The van der Waals surface area contributed by atoms with Crippen molar-refractivity contribution in [1.29, 1.82) is 0 Å². The number of halogens is 1. The lowest BCUT2D eigenvalue weighted by Gasteiger charge is -2.21. The van der Waals surface area contributed by atoms with Crippen LogP contribution in [-0.2, 0) is 19.1 Å². The number of carbonyl (C=O) groups is 2. The number of hydrogen-bond donors (Lipinski definition) is 1. The Morgan fingerprint density at radius 1 is 1.38 bits per heavy atom. The summed E-state index contributed by atoms with van der Waals surface area (Å²) < 4.78 is 26.1. The lowest BCUT2D eigenvalue weighted by atomic mass is 10.1. The first kappa shape index (κ1) is 18.1. The predicted octanol–water partition coefficient (Wildman–Crippen LogP) is 0.463. The minimum atomic E-state index is -1.62. The highest BCUT2D eigenvalue weighted by atomic mass is 19.1. The molecule has 0 aliphatic carbocycles. The smallest absolute Gasteiger partial charge is 0.330 e. The molecule has 2 rings (SSSR count). The summed E-state index contributed by atoms with van der Waals surface area (Å²) in [6.45, 7) is 3.03. The third-order valence-corrected chi connectivity index (χ3v) is 3.74. The number of aromatic amines is 1. The molecule has 1 fully saturated rings. The Morgan fingerprint density at radius 2 is 2.08 bits per heavy atom. The maximum Gasteiger partial charge on any atom is 0.330 e. The van der Waals surface area contributed by atoms with Crippen LogP contribution >= 0.6 is 0 Å². The van der Waals surface area contributed by atoms with E-state index in [1.54, 1.807) is 6.92 Å². The summed E-state index contributed by atoms with van der Waals surface area (Å²) >= 11 is 0. The highest BCUT2D eigenvalue weighted by Crippen LogP contribution is 2.34. The maximum atomic E-state index is 14.5. The fourth-order valence-corrected chi connectivity index (χ4v) is 2.49. The van der Waals surface area contributed by atoms with Crippen LogP contribution in [0.25, 0.3) is 0 Å². The molecule has 0 radical (unpaired) electrons. The Kier molecular flexibility index (Phi) is 5.66. The summed E-state index contributed by atoms with van der Waals surface area (Å²) in [6.07, 6.45) is -3.70. The van der Waals surface area contributed by atoms with Gasteiger partial charge < -0.3 is 14.3 Å². The van der Waals surface area contributed by atoms with Crippen molar-refractivity contribution in [3.8, 4) is 0 Å². The molecule has 1 aromatic heterocycles. The summed E-state index contributed by atoms with van der Waals surface area (Å²) in [5, 5.41) is 0. The molecule has 1 saturated heterocycles. The molecule has 0 aromatic carbocycles. The molecule has 132 valence electrons. The highest BCUT2D eigenvalue weighted by Gasteiger charge is 2.48. The fourth-order valence-electron chi connectivity index (χ4n) is 2.49. The predicted molar refractivity (Wildman–Crippen MR) is 80.2 cm³/mol. The normalized spacial score (nSPS) is 26.3. The third-order valence-electron chi connectivity index (χ3n) is 3.74. The van der Waals surface area contributed by atoms with Gasteiger partial charge in [0.25, 0.3) is 5.56 Å². The average molecular weight is 342 g/mol. The average Bonchev–Trinajstić information content (AvgIpc) is 2.82. The van der Waals surface area contributed by atoms with E-state index in [2.05, 4.69) is 0 Å². The van der Waals surface area contributed by atoms with Gasteiger partial charge in [0.2, 0.25) is 0 Å². The van der Waals surface area contributed by atoms with Crippen LogP contribution in [0.5, 0.6) is 0 Å². The molecule has 0 bridgehead atoms. The van der Waals surface area contributed by atoms with Crippen molar-refractivity contribution >= 4 is 11.8 Å². The molecule has 2 heterocycles. The van der Waals surface area contributed by atoms with Gasteiger partial charge in [-0.05, 0) is 13.3 Å². The van der Waals surface area contributed by atoms with Crippen LogP contribution < -0.4 is 11.2 Å². The van der Waals surface area contributed by atoms with Crippen LogP contribution in [0.1, 0.15) is 39.3 Å². The largest absolute Gasteiger partial charge is 0.454 e. The van der Waals surface area contributed by atoms with Gasteiger partial charge in [0.1, 0.15) is 5.78 Å². The number of aromatic nitrogens is 2. The van der Waals surface area contributed by atoms with Gasteiger partial charge in [-0.15, -0.1) is 0 Å². The lowest BCUT2D eigenvalue weighted by Crippen LogP contribution is -2.38. The third kappa shape index (κ3) is 3.97. The number of carbonyl (C=O) groups excluding carboxylic acids is 2. The number of H-pyrrole nitrogens is 1. The Labute approximate surface area is 136 Å². The molecule has 0 amide bonds. The summed E-state index contributed by atoms with van der Waals surface area (Å²) in [6, 6.07) is 1.09. The molecule has 1 aliphatic heterocycles. The Balaban J connectivity index is 2.23. The quantitative estimate of drug-likeness (QED) is 0.753. The molecular weight excluding hydrogens is 323 g/mol. The van der Waals surface area contributed by atoms with Gasteiger partial charge in [0, 0.05) is 18.7 Å². The lowest BCUT2D eigenvalue weighted by molar-refractivity contribution is -0.157.